The maximum atomic E-state index is 12.8. The summed E-state index contributed by atoms with van der Waals surface area (Å²) in [5.41, 5.74) is 4.30. The molecule has 0 atom stereocenters. The molecule has 5 nitrogen and oxygen atoms in total. The van der Waals surface area contributed by atoms with Gasteiger partial charge in [0.1, 0.15) is 11.4 Å². The lowest BCUT2D eigenvalue weighted by atomic mass is 10.0. The molecule has 3 aromatic carbocycles. The fraction of sp³-hybridized carbons (Fsp3) is 0.148. The minimum atomic E-state index is -0.129. The van der Waals surface area contributed by atoms with Crippen molar-refractivity contribution in [3.05, 3.63) is 89.8 Å². The van der Waals surface area contributed by atoms with E-state index in [0.717, 1.165) is 38.9 Å². The first kappa shape index (κ1) is 21.2. The molecule has 0 fully saturated rings. The second-order valence-corrected chi connectivity index (χ2v) is 7.85. The summed E-state index contributed by atoms with van der Waals surface area (Å²) in [6.45, 7) is 3.98. The van der Waals surface area contributed by atoms with Gasteiger partial charge in [-0.25, -0.2) is 9.97 Å². The maximum Gasteiger partial charge on any atom is 0.230 e. The Morgan fingerprint density at radius 2 is 1.75 bits per heavy atom. The highest BCUT2D eigenvalue weighted by Gasteiger charge is 2.12. The third kappa shape index (κ3) is 5.01. The molecule has 0 aliphatic heterocycles. The van der Waals surface area contributed by atoms with Gasteiger partial charge in [-0.1, -0.05) is 48.0 Å². The Labute approximate surface area is 187 Å². The van der Waals surface area contributed by atoms with Gasteiger partial charge >= 0.3 is 0 Å². The molecule has 4 rings (SSSR count). The van der Waals surface area contributed by atoms with E-state index in [-0.39, 0.29) is 12.3 Å². The summed E-state index contributed by atoms with van der Waals surface area (Å²) in [4.78, 5) is 22.0. The Morgan fingerprint density at radius 3 is 2.47 bits per heavy atom. The summed E-state index contributed by atoms with van der Waals surface area (Å²) < 4.78 is 5.22. The van der Waals surface area contributed by atoms with Crippen molar-refractivity contribution in [2.24, 2.45) is 0 Å². The highest BCUT2D eigenvalue weighted by Crippen LogP contribution is 2.24. The highest BCUT2D eigenvalue weighted by molar-refractivity contribution is 5.94. The zero-order chi connectivity index (χ0) is 22.5. The summed E-state index contributed by atoms with van der Waals surface area (Å²) in [6, 6.07) is 21.8. The second kappa shape index (κ2) is 9.43. The van der Waals surface area contributed by atoms with Crippen molar-refractivity contribution in [3.8, 4) is 17.0 Å². The van der Waals surface area contributed by atoms with Crippen LogP contribution < -0.4 is 10.1 Å². The monoisotopic (exact) mass is 423 g/mol. The predicted molar refractivity (Wildman–Crippen MR) is 130 cm³/mol. The number of aromatic nitrogens is 2. The van der Waals surface area contributed by atoms with Gasteiger partial charge in [0, 0.05) is 5.56 Å². The molecular weight excluding hydrogens is 398 g/mol. The molecule has 1 N–H and O–H groups in total. The number of hydrogen-bond acceptors (Lipinski definition) is 4. The number of ether oxygens (including phenoxy) is 1. The lowest BCUT2D eigenvalue weighted by molar-refractivity contribution is -0.115. The van der Waals surface area contributed by atoms with Crippen molar-refractivity contribution in [2.45, 2.75) is 20.3 Å². The average molecular weight is 424 g/mol. The molecule has 32 heavy (non-hydrogen) atoms. The number of carbonyl (C=O) groups is 1. The number of hydrogen-bond donors (Lipinski definition) is 1. The number of nitrogens with zero attached hydrogens (tertiary/aromatic N) is 2. The highest BCUT2D eigenvalue weighted by atomic mass is 16.5. The third-order valence-electron chi connectivity index (χ3n) is 5.05. The van der Waals surface area contributed by atoms with E-state index in [2.05, 4.69) is 16.4 Å². The van der Waals surface area contributed by atoms with Gasteiger partial charge in [-0.2, -0.15) is 0 Å². The van der Waals surface area contributed by atoms with E-state index in [4.69, 9.17) is 9.72 Å². The Bertz CT molecular complexity index is 1290. The number of methoxy groups -OCH3 is 1. The molecular formula is C27H25N3O2. The zero-order valence-corrected chi connectivity index (χ0v) is 18.4. The smallest absolute Gasteiger partial charge is 0.230 e. The van der Waals surface area contributed by atoms with Crippen LogP contribution in [0, 0.1) is 0 Å². The molecule has 0 unspecified atom stereocenters. The van der Waals surface area contributed by atoms with E-state index < -0.39 is 0 Å². The van der Waals surface area contributed by atoms with Gasteiger partial charge < -0.3 is 10.1 Å². The average Bonchev–Trinajstić information content (AvgIpc) is 2.80. The number of rotatable bonds is 6. The molecule has 160 valence electrons. The molecule has 0 saturated heterocycles. The largest absolute Gasteiger partial charge is 0.497 e. The molecule has 0 saturated carbocycles. The van der Waals surface area contributed by atoms with Crippen LogP contribution in [0.1, 0.15) is 25.1 Å². The number of allylic oxidation sites excluding steroid dienone is 1. The van der Waals surface area contributed by atoms with Crippen molar-refractivity contribution in [1.82, 2.24) is 9.97 Å². The first-order valence-corrected chi connectivity index (χ1v) is 10.5. The molecule has 0 radical (unpaired) electrons. The van der Waals surface area contributed by atoms with Crippen LogP contribution in [-0.2, 0) is 11.2 Å². The fourth-order valence-corrected chi connectivity index (χ4v) is 3.49. The van der Waals surface area contributed by atoms with E-state index in [1.54, 1.807) is 13.3 Å². The van der Waals surface area contributed by atoms with Gasteiger partial charge in [0.15, 0.2) is 5.82 Å². The number of fused-ring (bicyclic) bond motifs is 1. The van der Waals surface area contributed by atoms with Crippen LogP contribution >= 0.6 is 0 Å². The van der Waals surface area contributed by atoms with E-state index in [0.29, 0.717) is 11.5 Å². The SMILES string of the molecule is COc1ccc(-c2cnc(NC(=O)Cc3ccc4ccccc4c3)c(C=C(C)C)n2)cc1. The molecule has 4 aromatic rings. The maximum absolute atomic E-state index is 12.8. The van der Waals surface area contributed by atoms with Crippen molar-refractivity contribution < 1.29 is 9.53 Å². The van der Waals surface area contributed by atoms with Gasteiger partial charge in [-0.3, -0.25) is 4.79 Å². The first-order chi connectivity index (χ1) is 15.5. The van der Waals surface area contributed by atoms with E-state index >= 15 is 0 Å². The van der Waals surface area contributed by atoms with Gasteiger partial charge in [-0.15, -0.1) is 0 Å². The molecule has 1 amide bonds. The zero-order valence-electron chi connectivity index (χ0n) is 18.4. The molecule has 1 aromatic heterocycles. The number of carbonyl (C=O) groups excluding carboxylic acids is 1. The molecule has 5 heteroatoms. The van der Waals surface area contributed by atoms with Gasteiger partial charge in [0.25, 0.3) is 0 Å². The van der Waals surface area contributed by atoms with Crippen molar-refractivity contribution in [2.75, 3.05) is 12.4 Å². The number of benzene rings is 3. The number of amides is 1. The lowest BCUT2D eigenvalue weighted by Crippen LogP contribution is -2.16. The van der Waals surface area contributed by atoms with Crippen molar-refractivity contribution in [1.29, 1.82) is 0 Å². The van der Waals surface area contributed by atoms with Crippen LogP contribution in [0.15, 0.2) is 78.5 Å². The minimum Gasteiger partial charge on any atom is -0.497 e. The van der Waals surface area contributed by atoms with Crippen LogP contribution in [0.2, 0.25) is 0 Å². The van der Waals surface area contributed by atoms with E-state index in [1.165, 1.54) is 0 Å². The van der Waals surface area contributed by atoms with Crippen molar-refractivity contribution >= 4 is 28.6 Å². The molecule has 0 aliphatic carbocycles. The van der Waals surface area contributed by atoms with Crippen molar-refractivity contribution in [3.63, 3.8) is 0 Å². The molecule has 0 spiro atoms. The van der Waals surface area contributed by atoms with Crippen LogP contribution in [-0.4, -0.2) is 23.0 Å². The van der Waals surface area contributed by atoms with Gasteiger partial charge in [0.05, 0.1) is 25.4 Å². The van der Waals surface area contributed by atoms with Crippen LogP contribution in [0.3, 0.4) is 0 Å². The van der Waals surface area contributed by atoms with Crippen LogP contribution in [0.4, 0.5) is 5.82 Å². The Morgan fingerprint density at radius 1 is 1.00 bits per heavy atom. The molecule has 0 bridgehead atoms. The summed E-state index contributed by atoms with van der Waals surface area (Å²) in [6.07, 6.45) is 3.86. The van der Waals surface area contributed by atoms with Gasteiger partial charge in [-0.05, 0) is 60.5 Å². The second-order valence-electron chi connectivity index (χ2n) is 7.85. The Hall–Kier alpha value is -3.99. The van der Waals surface area contributed by atoms with Gasteiger partial charge in [0.2, 0.25) is 5.91 Å². The normalized spacial score (nSPS) is 10.6. The standard InChI is InChI=1S/C27H25N3O2/c1-18(2)14-24-27(28-17-25(29-24)21-10-12-23(32-3)13-11-21)30-26(31)16-19-8-9-20-6-4-5-7-22(20)15-19/h4-15,17H,16H2,1-3H3,(H,28,30,31). The Kier molecular flexibility index (Phi) is 6.26. The first-order valence-electron chi connectivity index (χ1n) is 10.5. The minimum absolute atomic E-state index is 0.129. The number of nitrogens with one attached hydrogen (secondary N) is 1. The third-order valence-corrected chi connectivity index (χ3v) is 5.05. The lowest BCUT2D eigenvalue weighted by Gasteiger charge is -2.10. The summed E-state index contributed by atoms with van der Waals surface area (Å²) in [5, 5.41) is 5.20. The van der Waals surface area contributed by atoms with Crippen LogP contribution in [0.25, 0.3) is 28.1 Å². The fourth-order valence-electron chi connectivity index (χ4n) is 3.49. The molecule has 1 heterocycles. The molecule has 0 aliphatic rings. The van der Waals surface area contributed by atoms with E-state index in [9.17, 15) is 4.79 Å². The quantitative estimate of drug-likeness (QED) is 0.419. The summed E-state index contributed by atoms with van der Waals surface area (Å²) in [5.74, 6) is 1.10. The predicted octanol–water partition coefficient (Wildman–Crippen LogP) is 5.91. The topological polar surface area (TPSA) is 64.1 Å². The number of anilines is 1. The summed E-state index contributed by atoms with van der Waals surface area (Å²) >= 11 is 0. The van der Waals surface area contributed by atoms with Crippen LogP contribution in [0.5, 0.6) is 5.75 Å². The summed E-state index contributed by atoms with van der Waals surface area (Å²) in [7, 11) is 1.64. The van der Waals surface area contributed by atoms with E-state index in [1.807, 2.05) is 80.6 Å². The Balaban J connectivity index is 1.57.